The molecule has 0 saturated carbocycles. The number of nitrogens with zero attached hydrogens (tertiary/aromatic N) is 2. The summed E-state index contributed by atoms with van der Waals surface area (Å²) in [5.41, 5.74) is 0. The maximum Gasteiger partial charge on any atom is 0.0109 e. The van der Waals surface area contributed by atoms with Crippen LogP contribution in [0.3, 0.4) is 0 Å². The molecular weight excluding hydrogens is 160 g/mol. The molecule has 2 nitrogen and oxygen atoms in total. The van der Waals surface area contributed by atoms with Crippen molar-refractivity contribution in [3.8, 4) is 0 Å². The molecule has 0 aromatic heterocycles. The third kappa shape index (κ3) is 7.03. The average molecular weight is 188 g/mol. The van der Waals surface area contributed by atoms with Crippen molar-refractivity contribution in [3.05, 3.63) is 0 Å². The topological polar surface area (TPSA) is 6.48 Å². The highest BCUT2D eigenvalue weighted by molar-refractivity contribution is 4.65. The first-order chi connectivity index (χ1) is 5.83. The van der Waals surface area contributed by atoms with Gasteiger partial charge in [-0.15, -0.1) is 0 Å². The molecule has 1 saturated heterocycles. The Hall–Kier alpha value is -0.0800. The van der Waals surface area contributed by atoms with Crippen LogP contribution in [-0.4, -0.2) is 49.6 Å². The molecule has 1 aliphatic rings. The number of hydrogen-bond donors (Lipinski definition) is 0. The van der Waals surface area contributed by atoms with Crippen molar-refractivity contribution in [1.82, 2.24) is 9.80 Å². The molecular formula is C11H28N2. The van der Waals surface area contributed by atoms with Crippen LogP contribution in [0.1, 0.15) is 34.6 Å². The highest BCUT2D eigenvalue weighted by atomic mass is 15.2. The Morgan fingerprint density at radius 2 is 1.62 bits per heavy atom. The Kier molecular flexibility index (Phi) is 11.8. The van der Waals surface area contributed by atoms with Gasteiger partial charge in [-0.1, -0.05) is 28.2 Å². The first-order valence-corrected chi connectivity index (χ1v) is 5.24. The molecule has 0 aromatic rings. The first-order valence-electron chi connectivity index (χ1n) is 5.24. The predicted octanol–water partition coefficient (Wildman–Crippen LogP) is 2.31. The van der Waals surface area contributed by atoms with E-state index in [9.17, 15) is 0 Å². The van der Waals surface area contributed by atoms with E-state index in [1.165, 1.54) is 39.1 Å². The summed E-state index contributed by atoms with van der Waals surface area (Å²) in [6, 6.07) is 0. The molecule has 0 aromatic carbocycles. The normalized spacial score (nSPS) is 19.4. The van der Waals surface area contributed by atoms with E-state index in [-0.39, 0.29) is 7.43 Å². The van der Waals surface area contributed by atoms with Crippen LogP contribution in [0.15, 0.2) is 0 Å². The maximum atomic E-state index is 2.52. The lowest BCUT2D eigenvalue weighted by atomic mass is 10.4. The third-order valence-electron chi connectivity index (χ3n) is 2.26. The van der Waals surface area contributed by atoms with Gasteiger partial charge in [-0.05, 0) is 33.1 Å². The molecule has 0 amide bonds. The van der Waals surface area contributed by atoms with Gasteiger partial charge >= 0.3 is 0 Å². The van der Waals surface area contributed by atoms with Crippen LogP contribution in [0.4, 0.5) is 0 Å². The van der Waals surface area contributed by atoms with Crippen molar-refractivity contribution in [3.63, 3.8) is 0 Å². The van der Waals surface area contributed by atoms with Gasteiger partial charge in [-0.25, -0.2) is 0 Å². The summed E-state index contributed by atoms with van der Waals surface area (Å²) in [5, 5.41) is 0. The van der Waals surface area contributed by atoms with Crippen LogP contribution >= 0.6 is 0 Å². The molecule has 13 heavy (non-hydrogen) atoms. The molecule has 1 fully saturated rings. The van der Waals surface area contributed by atoms with Gasteiger partial charge in [0, 0.05) is 13.1 Å². The van der Waals surface area contributed by atoms with E-state index >= 15 is 0 Å². The zero-order valence-corrected chi connectivity index (χ0v) is 9.14. The Bertz CT molecular complexity index is 94.1. The molecule has 1 aliphatic heterocycles. The van der Waals surface area contributed by atoms with Crippen molar-refractivity contribution < 1.29 is 0 Å². The van der Waals surface area contributed by atoms with Crippen molar-refractivity contribution >= 4 is 0 Å². The van der Waals surface area contributed by atoms with Crippen LogP contribution in [0.25, 0.3) is 0 Å². The van der Waals surface area contributed by atoms with Crippen molar-refractivity contribution in [1.29, 1.82) is 0 Å². The largest absolute Gasteiger partial charge is 0.305 e. The van der Waals surface area contributed by atoms with E-state index in [4.69, 9.17) is 0 Å². The van der Waals surface area contributed by atoms with Crippen molar-refractivity contribution in [2.45, 2.75) is 34.6 Å². The Morgan fingerprint density at radius 3 is 2.15 bits per heavy atom. The molecule has 0 atom stereocenters. The molecule has 0 aliphatic carbocycles. The van der Waals surface area contributed by atoms with Crippen LogP contribution in [0.2, 0.25) is 0 Å². The minimum Gasteiger partial charge on any atom is -0.305 e. The number of likely N-dealkylation sites (N-methyl/N-ethyl adjacent to an activating group) is 2. The Labute approximate surface area is 84.9 Å². The highest BCUT2D eigenvalue weighted by Crippen LogP contribution is 1.99. The standard InChI is InChI=1S/C8H18N2.C2H6.CH4/c1-3-10-6-4-5-9(2)7-8-10;1-2;/h3-8H2,1-2H3;1-2H3;1H4. The van der Waals surface area contributed by atoms with Crippen LogP contribution in [0, 0.1) is 0 Å². The van der Waals surface area contributed by atoms with Crippen LogP contribution in [0.5, 0.6) is 0 Å². The maximum absolute atomic E-state index is 2.52. The molecule has 0 N–H and O–H groups in total. The zero-order valence-electron chi connectivity index (χ0n) is 9.14. The molecule has 0 radical (unpaired) electrons. The van der Waals surface area contributed by atoms with E-state index in [1.807, 2.05) is 13.8 Å². The van der Waals surface area contributed by atoms with E-state index in [0.29, 0.717) is 0 Å². The SMILES string of the molecule is C.CC.CCN1CCCN(C)CC1. The monoisotopic (exact) mass is 188 g/mol. The fourth-order valence-corrected chi connectivity index (χ4v) is 1.42. The fourth-order valence-electron chi connectivity index (χ4n) is 1.42. The number of hydrogen-bond acceptors (Lipinski definition) is 2. The summed E-state index contributed by atoms with van der Waals surface area (Å²) in [4.78, 5) is 4.93. The second-order valence-corrected chi connectivity index (χ2v) is 3.09. The zero-order chi connectivity index (χ0) is 9.40. The van der Waals surface area contributed by atoms with Gasteiger partial charge in [-0.3, -0.25) is 0 Å². The smallest absolute Gasteiger partial charge is 0.0109 e. The second-order valence-electron chi connectivity index (χ2n) is 3.09. The van der Waals surface area contributed by atoms with Gasteiger partial charge in [0.05, 0.1) is 0 Å². The van der Waals surface area contributed by atoms with E-state index < -0.39 is 0 Å². The molecule has 0 bridgehead atoms. The summed E-state index contributed by atoms with van der Waals surface area (Å²) < 4.78 is 0. The van der Waals surface area contributed by atoms with Gasteiger partial charge in [0.1, 0.15) is 0 Å². The van der Waals surface area contributed by atoms with Gasteiger partial charge in [0.2, 0.25) is 0 Å². The van der Waals surface area contributed by atoms with E-state index in [1.54, 1.807) is 0 Å². The van der Waals surface area contributed by atoms with Gasteiger partial charge in [0.25, 0.3) is 0 Å². The first kappa shape index (κ1) is 15.4. The highest BCUT2D eigenvalue weighted by Gasteiger charge is 2.08. The van der Waals surface area contributed by atoms with Gasteiger partial charge < -0.3 is 9.80 Å². The number of rotatable bonds is 1. The van der Waals surface area contributed by atoms with E-state index in [2.05, 4.69) is 23.8 Å². The lowest BCUT2D eigenvalue weighted by Crippen LogP contribution is -2.28. The summed E-state index contributed by atoms with van der Waals surface area (Å²) in [6.07, 6.45) is 1.34. The van der Waals surface area contributed by atoms with Gasteiger partial charge in [-0.2, -0.15) is 0 Å². The molecule has 0 unspecified atom stereocenters. The molecule has 1 heterocycles. The van der Waals surface area contributed by atoms with Gasteiger partial charge in [0.15, 0.2) is 0 Å². The minimum absolute atomic E-state index is 0. The lowest BCUT2D eigenvalue weighted by Gasteiger charge is -2.16. The summed E-state index contributed by atoms with van der Waals surface area (Å²) in [7, 11) is 2.21. The minimum atomic E-state index is 0. The third-order valence-corrected chi connectivity index (χ3v) is 2.26. The molecule has 2 heteroatoms. The Morgan fingerprint density at radius 1 is 1.00 bits per heavy atom. The summed E-state index contributed by atoms with van der Waals surface area (Å²) >= 11 is 0. The summed E-state index contributed by atoms with van der Waals surface area (Å²) in [6.45, 7) is 12.5. The summed E-state index contributed by atoms with van der Waals surface area (Å²) in [5.74, 6) is 0. The van der Waals surface area contributed by atoms with Crippen LogP contribution < -0.4 is 0 Å². The average Bonchev–Trinajstić information content (AvgIpc) is 2.33. The quantitative estimate of drug-likeness (QED) is 0.623. The van der Waals surface area contributed by atoms with E-state index in [0.717, 1.165) is 0 Å². The Balaban J connectivity index is 0. The van der Waals surface area contributed by atoms with Crippen LogP contribution in [-0.2, 0) is 0 Å². The molecule has 82 valence electrons. The predicted molar refractivity (Wildman–Crippen MR) is 62.3 cm³/mol. The molecule has 1 rings (SSSR count). The lowest BCUT2D eigenvalue weighted by molar-refractivity contribution is 0.289. The molecule has 0 spiro atoms. The van der Waals surface area contributed by atoms with Crippen molar-refractivity contribution in [2.75, 3.05) is 39.8 Å². The second kappa shape index (κ2) is 10.0. The van der Waals surface area contributed by atoms with Crippen molar-refractivity contribution in [2.24, 2.45) is 0 Å². The fraction of sp³-hybridized carbons (Fsp3) is 1.00.